The van der Waals surface area contributed by atoms with Crippen LogP contribution in [0.4, 0.5) is 8.78 Å². The summed E-state index contributed by atoms with van der Waals surface area (Å²) in [5.41, 5.74) is 6.78. The van der Waals surface area contributed by atoms with Crippen LogP contribution in [0.25, 0.3) is 0 Å². The van der Waals surface area contributed by atoms with Crippen LogP contribution in [0.15, 0.2) is 18.2 Å². The van der Waals surface area contributed by atoms with E-state index in [2.05, 4.69) is 5.32 Å². The number of carbonyl (C=O) groups is 1. The molecule has 2 rings (SSSR count). The molecule has 1 unspecified atom stereocenters. The van der Waals surface area contributed by atoms with Crippen molar-refractivity contribution in [1.82, 2.24) is 5.32 Å². The second-order valence-corrected chi connectivity index (χ2v) is 5.41. The van der Waals surface area contributed by atoms with Crippen LogP contribution < -0.4 is 11.1 Å². The van der Waals surface area contributed by atoms with Gasteiger partial charge in [0.1, 0.15) is 0 Å². The van der Waals surface area contributed by atoms with Crippen LogP contribution in [-0.4, -0.2) is 31.2 Å². The molecule has 3 N–H and O–H groups in total. The molecule has 6 heteroatoms. The number of esters is 1. The topological polar surface area (TPSA) is 64.3 Å². The van der Waals surface area contributed by atoms with Crippen LogP contribution >= 0.6 is 0 Å². The summed E-state index contributed by atoms with van der Waals surface area (Å²) in [5, 5.41) is 3.28. The van der Waals surface area contributed by atoms with Gasteiger partial charge in [-0.15, -0.1) is 0 Å². The summed E-state index contributed by atoms with van der Waals surface area (Å²) in [5.74, 6) is -2.05. The smallest absolute Gasteiger partial charge is 0.302 e. The zero-order valence-corrected chi connectivity index (χ0v) is 11.9. The first-order valence-electron chi connectivity index (χ1n) is 7.04. The third-order valence-corrected chi connectivity index (χ3v) is 3.84. The van der Waals surface area contributed by atoms with Gasteiger partial charge in [-0.3, -0.25) is 4.79 Å². The average molecular weight is 298 g/mol. The van der Waals surface area contributed by atoms with Gasteiger partial charge in [0, 0.05) is 31.5 Å². The molecule has 0 radical (unpaired) electrons. The van der Waals surface area contributed by atoms with E-state index in [1.165, 1.54) is 13.0 Å². The van der Waals surface area contributed by atoms with Gasteiger partial charge in [-0.05, 0) is 30.5 Å². The lowest BCUT2D eigenvalue weighted by Crippen LogP contribution is -2.50. The Bertz CT molecular complexity index is 510. The number of nitrogens with two attached hydrogens (primary N) is 1. The van der Waals surface area contributed by atoms with E-state index >= 15 is 0 Å². The van der Waals surface area contributed by atoms with Crippen molar-refractivity contribution in [1.29, 1.82) is 0 Å². The number of piperidine rings is 1. The third kappa shape index (κ3) is 4.22. The van der Waals surface area contributed by atoms with Gasteiger partial charge in [-0.25, -0.2) is 8.78 Å². The van der Waals surface area contributed by atoms with Gasteiger partial charge in [0.05, 0.1) is 6.61 Å². The molecule has 1 aliphatic heterocycles. The van der Waals surface area contributed by atoms with E-state index in [4.69, 9.17) is 10.5 Å². The molecule has 0 amide bonds. The largest absolute Gasteiger partial charge is 0.466 e. The number of hydrogen-bond acceptors (Lipinski definition) is 4. The molecular formula is C15H20F2N2O2. The second-order valence-electron chi connectivity index (χ2n) is 5.41. The van der Waals surface area contributed by atoms with Crippen molar-refractivity contribution >= 4 is 5.97 Å². The molecule has 0 saturated carbocycles. The van der Waals surface area contributed by atoms with E-state index in [0.717, 1.165) is 6.07 Å². The molecule has 0 aliphatic carbocycles. The Morgan fingerprint density at radius 1 is 1.43 bits per heavy atom. The zero-order valence-electron chi connectivity index (χ0n) is 11.9. The highest BCUT2D eigenvalue weighted by Crippen LogP contribution is 2.29. The van der Waals surface area contributed by atoms with Crippen molar-refractivity contribution in [3.8, 4) is 0 Å². The predicted octanol–water partition coefficient (Wildman–Crippen LogP) is 1.69. The summed E-state index contributed by atoms with van der Waals surface area (Å²) in [6.45, 7) is 2.30. The number of benzene rings is 1. The van der Waals surface area contributed by atoms with Crippen LogP contribution in [0.1, 0.15) is 31.2 Å². The maximum absolute atomic E-state index is 13.4. The van der Waals surface area contributed by atoms with E-state index in [1.54, 1.807) is 6.07 Å². The first-order valence-corrected chi connectivity index (χ1v) is 7.04. The monoisotopic (exact) mass is 298 g/mol. The Balaban J connectivity index is 2.00. The zero-order chi connectivity index (χ0) is 15.4. The van der Waals surface area contributed by atoms with Crippen molar-refractivity contribution in [2.45, 2.75) is 37.8 Å². The highest BCUT2D eigenvalue weighted by molar-refractivity contribution is 5.65. The van der Waals surface area contributed by atoms with Gasteiger partial charge in [-0.2, -0.15) is 0 Å². The van der Waals surface area contributed by atoms with Crippen LogP contribution in [0.3, 0.4) is 0 Å². The van der Waals surface area contributed by atoms with Crippen LogP contribution in [-0.2, 0) is 9.53 Å². The lowest BCUT2D eigenvalue weighted by molar-refractivity contribution is -0.141. The predicted molar refractivity (Wildman–Crippen MR) is 74.7 cm³/mol. The number of carbonyl (C=O) groups excluding carboxylic acids is 1. The standard InChI is InChI=1S/C15H20F2N2O2/c1-9(20)21-5-4-11-7-12(15(18)8-19-11)10-2-3-13(16)14(17)6-10/h2-3,6,11-12,15,19H,4-5,7-8,18H2,1H3/t11?,12-,15+/m0/s1. The van der Waals surface area contributed by atoms with E-state index in [1.807, 2.05) is 0 Å². The normalized spacial score (nSPS) is 25.6. The lowest BCUT2D eigenvalue weighted by Gasteiger charge is -2.35. The highest BCUT2D eigenvalue weighted by atomic mass is 19.2. The summed E-state index contributed by atoms with van der Waals surface area (Å²) < 4.78 is 31.3. The second kappa shape index (κ2) is 6.95. The third-order valence-electron chi connectivity index (χ3n) is 3.84. The number of hydrogen-bond donors (Lipinski definition) is 2. The number of rotatable bonds is 4. The lowest BCUT2D eigenvalue weighted by atomic mass is 9.82. The quantitative estimate of drug-likeness (QED) is 0.830. The van der Waals surface area contributed by atoms with Crippen molar-refractivity contribution < 1.29 is 18.3 Å². The van der Waals surface area contributed by atoms with Gasteiger partial charge < -0.3 is 15.8 Å². The Hall–Kier alpha value is -1.53. The van der Waals surface area contributed by atoms with E-state index in [9.17, 15) is 13.6 Å². The minimum absolute atomic E-state index is 0.0383. The van der Waals surface area contributed by atoms with Crippen LogP contribution in [0.5, 0.6) is 0 Å². The number of ether oxygens (including phenoxy) is 1. The fourth-order valence-electron chi connectivity index (χ4n) is 2.70. The van der Waals surface area contributed by atoms with Crippen molar-refractivity contribution in [3.63, 3.8) is 0 Å². The summed E-state index contributed by atoms with van der Waals surface area (Å²) in [7, 11) is 0. The fourth-order valence-corrected chi connectivity index (χ4v) is 2.70. The molecule has 1 fully saturated rings. The van der Waals surface area contributed by atoms with Crippen molar-refractivity contribution in [3.05, 3.63) is 35.4 Å². The Morgan fingerprint density at radius 3 is 2.86 bits per heavy atom. The summed E-state index contributed by atoms with van der Waals surface area (Å²) in [6.07, 6.45) is 1.37. The highest BCUT2D eigenvalue weighted by Gasteiger charge is 2.29. The van der Waals surface area contributed by atoms with Crippen molar-refractivity contribution in [2.75, 3.05) is 13.2 Å². The first kappa shape index (κ1) is 15.9. The molecule has 1 aromatic carbocycles. The molecule has 0 aromatic heterocycles. The molecule has 0 spiro atoms. The minimum atomic E-state index is -0.854. The van der Waals surface area contributed by atoms with E-state index in [-0.39, 0.29) is 24.0 Å². The fraction of sp³-hybridized carbons (Fsp3) is 0.533. The van der Waals surface area contributed by atoms with Gasteiger partial charge >= 0.3 is 5.97 Å². The van der Waals surface area contributed by atoms with Gasteiger partial charge in [-0.1, -0.05) is 6.07 Å². The SMILES string of the molecule is CC(=O)OCCC1C[C@@H](c2ccc(F)c(F)c2)[C@H](N)CN1. The average Bonchev–Trinajstić information content (AvgIpc) is 2.43. The molecule has 0 bridgehead atoms. The minimum Gasteiger partial charge on any atom is -0.466 e. The molecular weight excluding hydrogens is 278 g/mol. The molecule has 116 valence electrons. The maximum atomic E-state index is 13.4. The van der Waals surface area contributed by atoms with Gasteiger partial charge in [0.15, 0.2) is 11.6 Å². The molecule has 21 heavy (non-hydrogen) atoms. The van der Waals surface area contributed by atoms with Crippen molar-refractivity contribution in [2.24, 2.45) is 5.73 Å². The Kier molecular flexibility index (Phi) is 5.25. The molecule has 1 saturated heterocycles. The summed E-state index contributed by atoms with van der Waals surface area (Å²) in [6, 6.07) is 3.92. The molecule has 3 atom stereocenters. The maximum Gasteiger partial charge on any atom is 0.302 e. The van der Waals surface area contributed by atoms with Crippen LogP contribution in [0, 0.1) is 11.6 Å². The molecule has 1 aliphatic rings. The number of halogens is 2. The Morgan fingerprint density at radius 2 is 2.19 bits per heavy atom. The molecule has 1 aromatic rings. The Labute approximate surface area is 122 Å². The summed E-state index contributed by atoms with van der Waals surface area (Å²) in [4.78, 5) is 10.8. The van der Waals surface area contributed by atoms with Gasteiger partial charge in [0.2, 0.25) is 0 Å². The number of nitrogens with one attached hydrogen (secondary N) is 1. The van der Waals surface area contributed by atoms with Gasteiger partial charge in [0.25, 0.3) is 0 Å². The van der Waals surface area contributed by atoms with E-state index < -0.39 is 11.6 Å². The van der Waals surface area contributed by atoms with E-state index in [0.29, 0.717) is 31.6 Å². The van der Waals surface area contributed by atoms with Crippen LogP contribution in [0.2, 0.25) is 0 Å². The first-order chi connectivity index (χ1) is 9.97. The molecule has 1 heterocycles. The summed E-state index contributed by atoms with van der Waals surface area (Å²) >= 11 is 0. The molecule has 4 nitrogen and oxygen atoms in total.